The third-order valence-electron chi connectivity index (χ3n) is 3.17. The van der Waals surface area contributed by atoms with Crippen molar-refractivity contribution in [3.63, 3.8) is 0 Å². The zero-order chi connectivity index (χ0) is 14.7. The van der Waals surface area contributed by atoms with E-state index >= 15 is 0 Å². The van der Waals surface area contributed by atoms with Crippen molar-refractivity contribution in [1.29, 1.82) is 0 Å². The lowest BCUT2D eigenvalue weighted by molar-refractivity contribution is -0.124. The molecule has 1 aromatic heterocycles. The van der Waals surface area contributed by atoms with Gasteiger partial charge in [0, 0.05) is 24.0 Å². The van der Waals surface area contributed by atoms with E-state index in [0.717, 1.165) is 24.2 Å². The zero-order valence-electron chi connectivity index (χ0n) is 11.3. The Morgan fingerprint density at radius 1 is 1.29 bits per heavy atom. The number of aromatic nitrogens is 2. The molecule has 6 heteroatoms. The van der Waals surface area contributed by atoms with Crippen LogP contribution >= 0.6 is 0 Å². The molecule has 6 nitrogen and oxygen atoms in total. The molecule has 0 unspecified atom stereocenters. The monoisotopic (exact) mass is 285 g/mol. The van der Waals surface area contributed by atoms with Crippen molar-refractivity contribution in [3.05, 3.63) is 42.2 Å². The Balaban J connectivity index is 1.55. The molecule has 0 spiro atoms. The summed E-state index contributed by atoms with van der Waals surface area (Å²) in [5.74, 6) is -0.0243. The SMILES string of the molecule is O=C(COC(=O)c1ccc(-c2ncc[nH]2)cc1)NC1CC1. The van der Waals surface area contributed by atoms with Crippen LogP contribution in [0.5, 0.6) is 0 Å². The fraction of sp³-hybridized carbons (Fsp3) is 0.267. The summed E-state index contributed by atoms with van der Waals surface area (Å²) < 4.78 is 4.97. The Labute approximate surface area is 121 Å². The highest BCUT2D eigenvalue weighted by Crippen LogP contribution is 2.18. The van der Waals surface area contributed by atoms with E-state index in [9.17, 15) is 9.59 Å². The van der Waals surface area contributed by atoms with Crippen LogP contribution in [0.1, 0.15) is 23.2 Å². The van der Waals surface area contributed by atoms with Crippen LogP contribution in [0.2, 0.25) is 0 Å². The summed E-state index contributed by atoms with van der Waals surface area (Å²) in [5, 5.41) is 2.76. The zero-order valence-corrected chi connectivity index (χ0v) is 11.3. The molecule has 108 valence electrons. The Morgan fingerprint density at radius 2 is 2.05 bits per heavy atom. The topological polar surface area (TPSA) is 84.1 Å². The number of H-pyrrole nitrogens is 1. The molecule has 0 radical (unpaired) electrons. The molecule has 1 heterocycles. The Hall–Kier alpha value is -2.63. The second kappa shape index (κ2) is 5.78. The molecule has 1 aliphatic rings. The lowest BCUT2D eigenvalue weighted by Crippen LogP contribution is -2.30. The van der Waals surface area contributed by atoms with E-state index in [0.29, 0.717) is 5.56 Å². The van der Waals surface area contributed by atoms with Gasteiger partial charge in [-0.2, -0.15) is 0 Å². The normalized spacial score (nSPS) is 13.7. The van der Waals surface area contributed by atoms with Gasteiger partial charge in [-0.3, -0.25) is 4.79 Å². The Kier molecular flexibility index (Phi) is 3.68. The van der Waals surface area contributed by atoms with Gasteiger partial charge >= 0.3 is 5.97 Å². The van der Waals surface area contributed by atoms with Crippen molar-refractivity contribution in [1.82, 2.24) is 15.3 Å². The second-order valence-electron chi connectivity index (χ2n) is 4.93. The van der Waals surface area contributed by atoms with Gasteiger partial charge in [-0.25, -0.2) is 9.78 Å². The first-order chi connectivity index (χ1) is 10.2. The predicted molar refractivity (Wildman–Crippen MR) is 75.5 cm³/mol. The standard InChI is InChI=1S/C15H15N3O3/c19-13(18-12-5-6-12)9-21-15(20)11-3-1-10(2-4-11)14-16-7-8-17-14/h1-4,7-8,12H,5-6,9H2,(H,16,17)(H,18,19). The molecule has 21 heavy (non-hydrogen) atoms. The van der Waals surface area contributed by atoms with Crippen LogP contribution in [0, 0.1) is 0 Å². The van der Waals surface area contributed by atoms with E-state index < -0.39 is 5.97 Å². The van der Waals surface area contributed by atoms with Crippen LogP contribution in [-0.2, 0) is 9.53 Å². The van der Waals surface area contributed by atoms with Gasteiger partial charge in [0.1, 0.15) is 5.82 Å². The van der Waals surface area contributed by atoms with E-state index in [1.807, 2.05) is 0 Å². The fourth-order valence-electron chi connectivity index (χ4n) is 1.90. The predicted octanol–water partition coefficient (Wildman–Crippen LogP) is 1.51. The molecule has 1 aliphatic carbocycles. The number of esters is 1. The maximum absolute atomic E-state index is 11.8. The summed E-state index contributed by atoms with van der Waals surface area (Å²) >= 11 is 0. The van der Waals surface area contributed by atoms with E-state index in [1.54, 1.807) is 36.7 Å². The van der Waals surface area contributed by atoms with Gasteiger partial charge in [-0.15, -0.1) is 0 Å². The average Bonchev–Trinajstić information content (AvgIpc) is 3.15. The third-order valence-corrected chi connectivity index (χ3v) is 3.17. The number of nitrogens with zero attached hydrogens (tertiary/aromatic N) is 1. The Morgan fingerprint density at radius 3 is 2.67 bits per heavy atom. The van der Waals surface area contributed by atoms with Crippen LogP contribution in [0.3, 0.4) is 0 Å². The quantitative estimate of drug-likeness (QED) is 0.816. The summed E-state index contributed by atoms with van der Waals surface area (Å²) in [6.45, 7) is -0.241. The minimum absolute atomic E-state index is 0.241. The Bertz CT molecular complexity index is 631. The number of rotatable bonds is 5. The molecule has 3 rings (SSSR count). The van der Waals surface area contributed by atoms with Crippen LogP contribution in [0.25, 0.3) is 11.4 Å². The molecule has 2 N–H and O–H groups in total. The number of benzene rings is 1. The smallest absolute Gasteiger partial charge is 0.338 e. The summed E-state index contributed by atoms with van der Waals surface area (Å²) in [5.41, 5.74) is 1.28. The summed E-state index contributed by atoms with van der Waals surface area (Å²) in [7, 11) is 0. The van der Waals surface area contributed by atoms with Crippen molar-refractivity contribution < 1.29 is 14.3 Å². The molecule has 1 aromatic carbocycles. The van der Waals surface area contributed by atoms with Crippen LogP contribution < -0.4 is 5.32 Å². The van der Waals surface area contributed by atoms with Gasteiger partial charge < -0.3 is 15.0 Å². The molecular formula is C15H15N3O3. The van der Waals surface area contributed by atoms with Crippen molar-refractivity contribution in [2.75, 3.05) is 6.61 Å². The van der Waals surface area contributed by atoms with Gasteiger partial charge in [0.05, 0.1) is 5.56 Å². The molecule has 1 fully saturated rings. The summed E-state index contributed by atoms with van der Waals surface area (Å²) in [6.07, 6.45) is 5.41. The van der Waals surface area contributed by atoms with Gasteiger partial charge in [-0.05, 0) is 25.0 Å². The highest BCUT2D eigenvalue weighted by atomic mass is 16.5. The maximum Gasteiger partial charge on any atom is 0.338 e. The van der Waals surface area contributed by atoms with E-state index in [1.165, 1.54) is 0 Å². The van der Waals surface area contributed by atoms with Gasteiger partial charge in [-0.1, -0.05) is 12.1 Å². The number of carbonyl (C=O) groups is 2. The summed E-state index contributed by atoms with van der Waals surface area (Å²) in [4.78, 5) is 30.4. The minimum atomic E-state index is -0.507. The number of amides is 1. The molecular weight excluding hydrogens is 270 g/mol. The van der Waals surface area contributed by atoms with Crippen LogP contribution in [-0.4, -0.2) is 34.5 Å². The van der Waals surface area contributed by atoms with Crippen LogP contribution in [0.4, 0.5) is 0 Å². The fourth-order valence-corrected chi connectivity index (χ4v) is 1.90. The molecule has 0 aliphatic heterocycles. The first kappa shape index (κ1) is 13.4. The van der Waals surface area contributed by atoms with Gasteiger partial charge in [0.2, 0.25) is 0 Å². The largest absolute Gasteiger partial charge is 0.452 e. The molecule has 0 atom stereocenters. The second-order valence-corrected chi connectivity index (χ2v) is 4.93. The molecule has 1 saturated carbocycles. The van der Waals surface area contributed by atoms with Gasteiger partial charge in [0.15, 0.2) is 6.61 Å². The number of imidazole rings is 1. The van der Waals surface area contributed by atoms with Gasteiger partial charge in [0.25, 0.3) is 5.91 Å². The molecule has 0 bridgehead atoms. The van der Waals surface area contributed by atoms with Crippen molar-refractivity contribution >= 4 is 11.9 Å². The highest BCUT2D eigenvalue weighted by molar-refractivity contribution is 5.91. The average molecular weight is 285 g/mol. The molecule has 0 saturated heterocycles. The number of hydrogen-bond donors (Lipinski definition) is 2. The minimum Gasteiger partial charge on any atom is -0.452 e. The van der Waals surface area contributed by atoms with Crippen molar-refractivity contribution in [2.24, 2.45) is 0 Å². The van der Waals surface area contributed by atoms with E-state index in [4.69, 9.17) is 4.74 Å². The lowest BCUT2D eigenvalue weighted by Gasteiger charge is -2.06. The van der Waals surface area contributed by atoms with Crippen molar-refractivity contribution in [2.45, 2.75) is 18.9 Å². The molecule has 1 amide bonds. The van der Waals surface area contributed by atoms with E-state index in [2.05, 4.69) is 15.3 Å². The number of hydrogen-bond acceptors (Lipinski definition) is 4. The highest BCUT2D eigenvalue weighted by Gasteiger charge is 2.23. The number of aromatic amines is 1. The molecule has 2 aromatic rings. The van der Waals surface area contributed by atoms with Crippen LogP contribution in [0.15, 0.2) is 36.7 Å². The lowest BCUT2D eigenvalue weighted by atomic mass is 10.1. The number of ether oxygens (including phenoxy) is 1. The first-order valence-corrected chi connectivity index (χ1v) is 6.78. The number of carbonyl (C=O) groups excluding carboxylic acids is 2. The number of nitrogens with one attached hydrogen (secondary N) is 2. The van der Waals surface area contributed by atoms with Crippen molar-refractivity contribution in [3.8, 4) is 11.4 Å². The maximum atomic E-state index is 11.8. The third kappa shape index (κ3) is 3.47. The first-order valence-electron chi connectivity index (χ1n) is 6.78. The van der Waals surface area contributed by atoms with E-state index in [-0.39, 0.29) is 18.6 Å². The summed E-state index contributed by atoms with van der Waals surface area (Å²) in [6, 6.07) is 7.13.